The van der Waals surface area contributed by atoms with E-state index in [0.29, 0.717) is 5.75 Å². The molecule has 118 valence electrons. The molecule has 0 radical (unpaired) electrons. The van der Waals surface area contributed by atoms with E-state index >= 15 is 0 Å². The molecule has 0 fully saturated rings. The first-order valence-corrected chi connectivity index (χ1v) is 7.34. The van der Waals surface area contributed by atoms with Crippen molar-refractivity contribution < 1.29 is 14.6 Å². The van der Waals surface area contributed by atoms with Crippen molar-refractivity contribution in [1.82, 2.24) is 14.8 Å². The molecule has 0 aliphatic heterocycles. The Hall–Kier alpha value is -2.89. The van der Waals surface area contributed by atoms with Crippen molar-refractivity contribution in [2.75, 3.05) is 0 Å². The Morgan fingerprint density at radius 3 is 2.78 bits per heavy atom. The molecule has 0 aliphatic rings. The molecule has 6 nitrogen and oxygen atoms in total. The summed E-state index contributed by atoms with van der Waals surface area (Å²) in [6.45, 7) is 3.36. The minimum absolute atomic E-state index is 0.455. The van der Waals surface area contributed by atoms with Crippen LogP contribution in [0.15, 0.2) is 36.7 Å². The number of carbonyl (C=O) groups excluding carboxylic acids is 1. The summed E-state index contributed by atoms with van der Waals surface area (Å²) >= 11 is 0. The van der Waals surface area contributed by atoms with Gasteiger partial charge in [-0.15, -0.1) is 0 Å². The highest BCUT2D eigenvalue weighted by Gasteiger charge is 2.10. The Morgan fingerprint density at radius 2 is 2.13 bits per heavy atom. The fraction of sp³-hybridized carbons (Fsp3) is 0.235. The van der Waals surface area contributed by atoms with Crippen LogP contribution < -0.4 is 4.89 Å². The lowest BCUT2D eigenvalue weighted by Gasteiger charge is -2.09. The molecule has 0 spiro atoms. The van der Waals surface area contributed by atoms with Crippen LogP contribution in [-0.2, 0) is 23.2 Å². The van der Waals surface area contributed by atoms with E-state index in [1.54, 1.807) is 16.8 Å². The molecule has 1 aromatic carbocycles. The standard InChI is InChI=1S/C17H17N3O3/c1-4-16-15(13-9-18-20(3)10-13)8-12-7-14(23-22-11(2)21)5-6-17(12)19-16/h5-10H,4H2,1-3H3. The molecule has 0 atom stereocenters. The molecule has 0 amide bonds. The minimum Gasteiger partial charge on any atom is -0.287 e. The Bertz CT molecular complexity index is 871. The molecule has 0 unspecified atom stereocenters. The Kier molecular flexibility index (Phi) is 3.97. The van der Waals surface area contributed by atoms with Gasteiger partial charge in [0.2, 0.25) is 0 Å². The van der Waals surface area contributed by atoms with Crippen LogP contribution in [-0.4, -0.2) is 20.7 Å². The lowest BCUT2D eigenvalue weighted by molar-refractivity contribution is -0.210. The number of nitrogens with zero attached hydrogens (tertiary/aromatic N) is 3. The third-order valence-electron chi connectivity index (χ3n) is 3.47. The smallest absolute Gasteiger partial charge is 0.287 e. The molecule has 2 aromatic heterocycles. The summed E-state index contributed by atoms with van der Waals surface area (Å²) in [5, 5.41) is 5.13. The highest BCUT2D eigenvalue weighted by molar-refractivity contribution is 5.86. The van der Waals surface area contributed by atoms with Crippen LogP contribution in [0.3, 0.4) is 0 Å². The molecule has 3 aromatic rings. The van der Waals surface area contributed by atoms with E-state index in [-0.39, 0.29) is 0 Å². The van der Waals surface area contributed by atoms with Gasteiger partial charge in [-0.1, -0.05) is 6.92 Å². The molecule has 0 saturated heterocycles. The third kappa shape index (κ3) is 3.15. The average molecular weight is 311 g/mol. The predicted octanol–water partition coefficient (Wildman–Crippen LogP) is 3.05. The lowest BCUT2D eigenvalue weighted by Crippen LogP contribution is -2.02. The van der Waals surface area contributed by atoms with Crippen LogP contribution in [0.2, 0.25) is 0 Å². The molecular formula is C17H17N3O3. The van der Waals surface area contributed by atoms with E-state index in [2.05, 4.69) is 23.0 Å². The lowest BCUT2D eigenvalue weighted by atomic mass is 10.0. The first-order chi connectivity index (χ1) is 11.1. The van der Waals surface area contributed by atoms with Crippen molar-refractivity contribution in [2.45, 2.75) is 20.3 Å². The van der Waals surface area contributed by atoms with E-state index in [9.17, 15) is 4.79 Å². The number of hydrogen-bond acceptors (Lipinski definition) is 5. The van der Waals surface area contributed by atoms with Crippen LogP contribution in [0.5, 0.6) is 5.75 Å². The summed E-state index contributed by atoms with van der Waals surface area (Å²) in [5.74, 6) is -0.0449. The summed E-state index contributed by atoms with van der Waals surface area (Å²) in [6, 6.07) is 7.42. The third-order valence-corrected chi connectivity index (χ3v) is 3.47. The van der Waals surface area contributed by atoms with E-state index in [4.69, 9.17) is 9.87 Å². The summed E-state index contributed by atoms with van der Waals surface area (Å²) in [5.41, 5.74) is 3.94. The molecule has 2 heterocycles. The van der Waals surface area contributed by atoms with Crippen molar-refractivity contribution in [3.05, 3.63) is 42.4 Å². The number of rotatable bonds is 4. The van der Waals surface area contributed by atoms with Crippen molar-refractivity contribution in [1.29, 1.82) is 0 Å². The molecule has 0 N–H and O–H groups in total. The number of carbonyl (C=O) groups is 1. The van der Waals surface area contributed by atoms with Crippen LogP contribution in [0, 0.1) is 0 Å². The highest BCUT2D eigenvalue weighted by Crippen LogP contribution is 2.28. The number of aryl methyl sites for hydroxylation is 2. The molecule has 0 bridgehead atoms. The van der Waals surface area contributed by atoms with Crippen LogP contribution in [0.25, 0.3) is 22.0 Å². The summed E-state index contributed by atoms with van der Waals surface area (Å²) in [6.07, 6.45) is 4.61. The number of fused-ring (bicyclic) bond motifs is 1. The molecular weight excluding hydrogens is 294 g/mol. The maximum Gasteiger partial charge on any atom is 0.352 e. The Balaban J connectivity index is 2.06. The maximum absolute atomic E-state index is 10.8. The van der Waals surface area contributed by atoms with Gasteiger partial charge >= 0.3 is 5.97 Å². The summed E-state index contributed by atoms with van der Waals surface area (Å²) in [7, 11) is 1.88. The minimum atomic E-state index is -0.499. The Labute approximate surface area is 133 Å². The average Bonchev–Trinajstić information content (AvgIpc) is 2.97. The van der Waals surface area contributed by atoms with Gasteiger partial charge in [0.25, 0.3) is 0 Å². The van der Waals surface area contributed by atoms with Gasteiger partial charge in [-0.2, -0.15) is 5.10 Å². The van der Waals surface area contributed by atoms with Crippen molar-refractivity contribution in [2.24, 2.45) is 7.05 Å². The van der Waals surface area contributed by atoms with E-state index < -0.39 is 5.97 Å². The SMILES string of the molecule is CCc1nc2ccc(OOC(C)=O)cc2cc1-c1cnn(C)c1. The zero-order valence-electron chi connectivity index (χ0n) is 13.2. The summed E-state index contributed by atoms with van der Waals surface area (Å²) in [4.78, 5) is 25.1. The van der Waals surface area contributed by atoms with Gasteiger partial charge in [-0.25, -0.2) is 4.79 Å². The number of aromatic nitrogens is 3. The molecule has 0 saturated carbocycles. The first kappa shape index (κ1) is 15.0. The van der Waals surface area contributed by atoms with Gasteiger partial charge in [0.1, 0.15) is 0 Å². The maximum atomic E-state index is 10.8. The highest BCUT2D eigenvalue weighted by atomic mass is 17.2. The van der Waals surface area contributed by atoms with Gasteiger partial charge in [-0.05, 0) is 30.7 Å². The van der Waals surface area contributed by atoms with E-state index in [1.807, 2.05) is 25.5 Å². The topological polar surface area (TPSA) is 66.2 Å². The number of benzene rings is 1. The Morgan fingerprint density at radius 1 is 1.30 bits per heavy atom. The number of hydrogen-bond donors (Lipinski definition) is 0. The van der Waals surface area contributed by atoms with Crippen molar-refractivity contribution in [3.8, 4) is 16.9 Å². The summed E-state index contributed by atoms with van der Waals surface area (Å²) < 4.78 is 1.76. The van der Waals surface area contributed by atoms with Gasteiger partial charge < -0.3 is 0 Å². The monoisotopic (exact) mass is 311 g/mol. The van der Waals surface area contributed by atoms with Crippen molar-refractivity contribution >= 4 is 16.9 Å². The number of pyridine rings is 1. The van der Waals surface area contributed by atoms with E-state index in [0.717, 1.165) is 34.1 Å². The molecule has 23 heavy (non-hydrogen) atoms. The van der Waals surface area contributed by atoms with Gasteiger partial charge in [0.15, 0.2) is 5.75 Å². The second kappa shape index (κ2) is 6.08. The largest absolute Gasteiger partial charge is 0.352 e. The fourth-order valence-electron chi connectivity index (χ4n) is 2.43. The fourth-order valence-corrected chi connectivity index (χ4v) is 2.43. The second-order valence-corrected chi connectivity index (χ2v) is 5.25. The zero-order valence-corrected chi connectivity index (χ0v) is 13.2. The van der Waals surface area contributed by atoms with Crippen molar-refractivity contribution in [3.63, 3.8) is 0 Å². The molecule has 6 heteroatoms. The molecule has 3 rings (SSSR count). The first-order valence-electron chi connectivity index (χ1n) is 7.34. The molecule has 0 aliphatic carbocycles. The normalized spacial score (nSPS) is 10.7. The van der Waals surface area contributed by atoms with Crippen LogP contribution >= 0.6 is 0 Å². The van der Waals surface area contributed by atoms with Crippen LogP contribution in [0.4, 0.5) is 0 Å². The predicted molar refractivity (Wildman–Crippen MR) is 85.7 cm³/mol. The van der Waals surface area contributed by atoms with E-state index in [1.165, 1.54) is 6.92 Å². The van der Waals surface area contributed by atoms with Crippen LogP contribution in [0.1, 0.15) is 19.5 Å². The zero-order chi connectivity index (χ0) is 16.4. The second-order valence-electron chi connectivity index (χ2n) is 5.25. The van der Waals surface area contributed by atoms with Gasteiger partial charge in [0, 0.05) is 42.4 Å². The quantitative estimate of drug-likeness (QED) is 0.547. The van der Waals surface area contributed by atoms with Gasteiger partial charge in [-0.3, -0.25) is 19.4 Å². The van der Waals surface area contributed by atoms with Gasteiger partial charge in [0.05, 0.1) is 11.7 Å².